The Labute approximate surface area is 130 Å². The Morgan fingerprint density at radius 3 is 2.74 bits per heavy atom. The molecule has 1 saturated carbocycles. The summed E-state index contributed by atoms with van der Waals surface area (Å²) in [6, 6.07) is 6.58. The number of rotatable bonds is 3. The van der Waals surface area contributed by atoms with Crippen molar-refractivity contribution in [3.63, 3.8) is 0 Å². The molecular weight excluding hydrogens is 322 g/mol. The van der Waals surface area contributed by atoms with Gasteiger partial charge >= 0.3 is 0 Å². The van der Waals surface area contributed by atoms with E-state index in [1.807, 2.05) is 12.1 Å². The van der Waals surface area contributed by atoms with Crippen LogP contribution in [0.4, 0.5) is 5.69 Å². The van der Waals surface area contributed by atoms with Crippen LogP contribution < -0.4 is 5.32 Å². The highest BCUT2D eigenvalue weighted by atomic mass is 79.9. The molecule has 0 aromatic heterocycles. The molecule has 0 aliphatic heterocycles. The molecule has 0 heterocycles. The van der Waals surface area contributed by atoms with E-state index in [-0.39, 0.29) is 0 Å². The minimum absolute atomic E-state index is 0.554. The first-order valence-corrected chi connectivity index (χ1v) is 8.36. The highest BCUT2D eigenvalue weighted by Crippen LogP contribution is 2.37. The average molecular weight is 345 g/mol. The number of hydrogen-bond donors (Lipinski definition) is 1. The fraction of sp³-hybridized carbons (Fsp3) is 0.625. The smallest absolute Gasteiger partial charge is 0.0593 e. The third-order valence-electron chi connectivity index (χ3n) is 4.31. The Hall–Kier alpha value is -0.210. The van der Waals surface area contributed by atoms with Gasteiger partial charge in [0.25, 0.3) is 0 Å². The lowest BCUT2D eigenvalue weighted by molar-refractivity contribution is 0.212. The molecule has 0 radical (unpaired) electrons. The van der Waals surface area contributed by atoms with Crippen molar-refractivity contribution < 1.29 is 0 Å². The van der Waals surface area contributed by atoms with Crippen molar-refractivity contribution >= 4 is 33.2 Å². The Bertz CT molecular complexity index is 433. The van der Waals surface area contributed by atoms with Gasteiger partial charge in [-0.1, -0.05) is 44.9 Å². The van der Waals surface area contributed by atoms with Crippen LogP contribution in [0.1, 0.15) is 40.0 Å². The minimum Gasteiger partial charge on any atom is -0.381 e. The van der Waals surface area contributed by atoms with E-state index in [0.29, 0.717) is 6.04 Å². The zero-order valence-electron chi connectivity index (χ0n) is 11.9. The van der Waals surface area contributed by atoms with Crippen molar-refractivity contribution in [2.24, 2.45) is 17.8 Å². The molecule has 1 aromatic carbocycles. The van der Waals surface area contributed by atoms with Gasteiger partial charge in [0.15, 0.2) is 0 Å². The number of halogens is 2. The topological polar surface area (TPSA) is 12.0 Å². The van der Waals surface area contributed by atoms with Crippen LogP contribution in [0, 0.1) is 17.8 Å². The Kier molecular flexibility index (Phi) is 5.19. The van der Waals surface area contributed by atoms with Gasteiger partial charge in [-0.25, -0.2) is 0 Å². The van der Waals surface area contributed by atoms with E-state index in [2.05, 4.69) is 48.1 Å². The van der Waals surface area contributed by atoms with E-state index < -0.39 is 0 Å². The normalized spacial score (nSPS) is 27.6. The molecule has 0 bridgehead atoms. The number of hydrogen-bond acceptors (Lipinski definition) is 1. The van der Waals surface area contributed by atoms with E-state index >= 15 is 0 Å². The maximum absolute atomic E-state index is 6.17. The zero-order valence-corrected chi connectivity index (χ0v) is 14.3. The van der Waals surface area contributed by atoms with E-state index in [0.717, 1.165) is 32.9 Å². The van der Waals surface area contributed by atoms with Gasteiger partial charge in [-0.3, -0.25) is 0 Å². The second kappa shape index (κ2) is 6.49. The summed E-state index contributed by atoms with van der Waals surface area (Å²) in [5.41, 5.74) is 1.12. The highest BCUT2D eigenvalue weighted by molar-refractivity contribution is 9.10. The second-order valence-electron chi connectivity index (χ2n) is 6.18. The van der Waals surface area contributed by atoms with E-state index in [4.69, 9.17) is 11.6 Å². The molecular formula is C16H23BrClN. The van der Waals surface area contributed by atoms with Crippen LogP contribution in [0.2, 0.25) is 5.02 Å². The molecule has 3 atom stereocenters. The van der Waals surface area contributed by atoms with Crippen LogP contribution in [0.3, 0.4) is 0 Å². The molecule has 1 N–H and O–H groups in total. The van der Waals surface area contributed by atoms with Crippen LogP contribution in [0.5, 0.6) is 0 Å². The van der Waals surface area contributed by atoms with Crippen LogP contribution >= 0.6 is 27.5 Å². The Morgan fingerprint density at radius 2 is 2.05 bits per heavy atom. The third kappa shape index (κ3) is 3.66. The van der Waals surface area contributed by atoms with Gasteiger partial charge < -0.3 is 5.32 Å². The maximum Gasteiger partial charge on any atom is 0.0593 e. The van der Waals surface area contributed by atoms with Crippen molar-refractivity contribution in [2.75, 3.05) is 5.32 Å². The molecule has 0 amide bonds. The highest BCUT2D eigenvalue weighted by Gasteiger charge is 2.30. The van der Waals surface area contributed by atoms with Gasteiger partial charge in [0.05, 0.1) is 15.2 Å². The predicted molar refractivity (Wildman–Crippen MR) is 87.9 cm³/mol. The maximum atomic E-state index is 6.17. The van der Waals surface area contributed by atoms with Crippen molar-refractivity contribution in [2.45, 2.75) is 46.1 Å². The third-order valence-corrected chi connectivity index (χ3v) is 5.71. The predicted octanol–water partition coefficient (Wildman–Crippen LogP) is 5.98. The van der Waals surface area contributed by atoms with Crippen LogP contribution in [0.25, 0.3) is 0 Å². The molecule has 1 aliphatic rings. The van der Waals surface area contributed by atoms with E-state index in [1.54, 1.807) is 0 Å². The lowest BCUT2D eigenvalue weighted by Gasteiger charge is -2.38. The molecule has 0 spiro atoms. The first-order chi connectivity index (χ1) is 8.99. The Balaban J connectivity index is 2.16. The molecule has 1 aromatic rings. The summed E-state index contributed by atoms with van der Waals surface area (Å²) in [7, 11) is 0. The summed E-state index contributed by atoms with van der Waals surface area (Å²) in [4.78, 5) is 0. The van der Waals surface area contributed by atoms with E-state index in [9.17, 15) is 0 Å². The van der Waals surface area contributed by atoms with Crippen LogP contribution in [-0.4, -0.2) is 6.04 Å². The van der Waals surface area contributed by atoms with Gasteiger partial charge in [-0.05, 0) is 58.7 Å². The lowest BCUT2D eigenvalue weighted by Crippen LogP contribution is -2.37. The summed E-state index contributed by atoms with van der Waals surface area (Å²) < 4.78 is 0.984. The average Bonchev–Trinajstić information content (AvgIpc) is 2.35. The van der Waals surface area contributed by atoms with Crippen molar-refractivity contribution in [1.82, 2.24) is 0 Å². The van der Waals surface area contributed by atoms with Crippen molar-refractivity contribution in [1.29, 1.82) is 0 Å². The molecule has 1 fully saturated rings. The first-order valence-electron chi connectivity index (χ1n) is 7.19. The fourth-order valence-electron chi connectivity index (χ4n) is 3.18. The largest absolute Gasteiger partial charge is 0.381 e. The summed E-state index contributed by atoms with van der Waals surface area (Å²) in [6.07, 6.45) is 3.94. The molecule has 1 nitrogen and oxygen atoms in total. The molecule has 19 heavy (non-hydrogen) atoms. The summed E-state index contributed by atoms with van der Waals surface area (Å²) in [5, 5.41) is 4.49. The summed E-state index contributed by atoms with van der Waals surface area (Å²) >= 11 is 9.76. The molecule has 1 aliphatic carbocycles. The van der Waals surface area contributed by atoms with Gasteiger partial charge in [0, 0.05) is 6.04 Å². The quantitative estimate of drug-likeness (QED) is 0.711. The lowest BCUT2D eigenvalue weighted by atomic mass is 9.74. The fourth-order valence-corrected chi connectivity index (χ4v) is 3.74. The van der Waals surface area contributed by atoms with E-state index in [1.165, 1.54) is 19.3 Å². The number of benzene rings is 1. The second-order valence-corrected chi connectivity index (χ2v) is 7.38. The molecule has 106 valence electrons. The van der Waals surface area contributed by atoms with Gasteiger partial charge in [0.2, 0.25) is 0 Å². The Morgan fingerprint density at radius 1 is 1.32 bits per heavy atom. The van der Waals surface area contributed by atoms with Gasteiger partial charge in [-0.15, -0.1) is 0 Å². The standard InChI is InChI=1S/C16H23BrClN/c1-10(2)12-8-7-11(3)9-15(12)19-14-6-4-5-13(18)16(14)17/h4-6,10-12,15,19H,7-9H2,1-3H3. The van der Waals surface area contributed by atoms with Gasteiger partial charge in [-0.2, -0.15) is 0 Å². The van der Waals surface area contributed by atoms with Crippen molar-refractivity contribution in [3.8, 4) is 0 Å². The molecule has 2 rings (SSSR count). The monoisotopic (exact) mass is 343 g/mol. The van der Waals surface area contributed by atoms with Gasteiger partial charge in [0.1, 0.15) is 0 Å². The first kappa shape index (κ1) is 15.2. The summed E-state index contributed by atoms with van der Waals surface area (Å²) in [5.74, 6) is 2.29. The molecule has 3 unspecified atom stereocenters. The summed E-state index contributed by atoms with van der Waals surface area (Å²) in [6.45, 7) is 7.03. The SMILES string of the molecule is CC1CCC(C(C)C)C(Nc2cccc(Cl)c2Br)C1. The van der Waals surface area contributed by atoms with Crippen molar-refractivity contribution in [3.05, 3.63) is 27.7 Å². The zero-order chi connectivity index (χ0) is 14.0. The minimum atomic E-state index is 0.554. The molecule has 3 heteroatoms. The number of anilines is 1. The number of nitrogens with one attached hydrogen (secondary N) is 1. The van der Waals surface area contributed by atoms with Crippen LogP contribution in [0.15, 0.2) is 22.7 Å². The van der Waals surface area contributed by atoms with Crippen LogP contribution in [-0.2, 0) is 0 Å². The molecule has 0 saturated heterocycles.